The van der Waals surface area contributed by atoms with Gasteiger partial charge in [-0.25, -0.2) is 0 Å². The summed E-state index contributed by atoms with van der Waals surface area (Å²) in [5, 5.41) is 0.763. The Kier molecular flexibility index (Phi) is 5.01. The predicted molar refractivity (Wildman–Crippen MR) is 93.5 cm³/mol. The number of carbonyl (C=O) groups is 1. The maximum atomic E-state index is 12.6. The fourth-order valence-electron chi connectivity index (χ4n) is 4.06. The topological polar surface area (TPSA) is 26.3 Å². The molecule has 0 amide bonds. The standard InChI is InChI=1S/C20H27ClO2/c1-12(2)14-9-8-13(3)10-19(14)23-20(22)17-11-16(17)15-6-4-5-7-18(15)21/h4-7,12-14,16-17,19H,8-11H2,1-3H3/t13-,14+,16+,17-,19-/m0/s1. The Bertz CT molecular complexity index is 569. The number of esters is 1. The van der Waals surface area contributed by atoms with Crippen LogP contribution in [-0.2, 0) is 9.53 Å². The normalized spacial score (nSPS) is 33.5. The van der Waals surface area contributed by atoms with E-state index in [0.717, 1.165) is 23.4 Å². The van der Waals surface area contributed by atoms with Crippen molar-refractivity contribution >= 4 is 17.6 Å². The first-order chi connectivity index (χ1) is 11.0. The maximum Gasteiger partial charge on any atom is 0.309 e. The summed E-state index contributed by atoms with van der Waals surface area (Å²) < 4.78 is 5.97. The van der Waals surface area contributed by atoms with Crippen molar-refractivity contribution in [3.63, 3.8) is 0 Å². The van der Waals surface area contributed by atoms with Gasteiger partial charge in [-0.15, -0.1) is 0 Å². The number of benzene rings is 1. The van der Waals surface area contributed by atoms with Crippen molar-refractivity contribution in [3.8, 4) is 0 Å². The molecule has 0 bridgehead atoms. The molecule has 0 unspecified atom stereocenters. The molecule has 23 heavy (non-hydrogen) atoms. The number of hydrogen-bond acceptors (Lipinski definition) is 2. The average Bonchev–Trinajstić information content (AvgIpc) is 3.28. The van der Waals surface area contributed by atoms with Crippen molar-refractivity contribution < 1.29 is 9.53 Å². The second-order valence-corrected chi connectivity index (χ2v) is 8.18. The van der Waals surface area contributed by atoms with Crippen molar-refractivity contribution in [3.05, 3.63) is 34.9 Å². The van der Waals surface area contributed by atoms with Crippen molar-refractivity contribution in [1.29, 1.82) is 0 Å². The van der Waals surface area contributed by atoms with Crippen LogP contribution in [0.5, 0.6) is 0 Å². The van der Waals surface area contributed by atoms with Crippen LogP contribution in [0.2, 0.25) is 5.02 Å². The van der Waals surface area contributed by atoms with Crippen LogP contribution in [0.4, 0.5) is 0 Å². The summed E-state index contributed by atoms with van der Waals surface area (Å²) in [5.41, 5.74) is 1.09. The van der Waals surface area contributed by atoms with Crippen molar-refractivity contribution in [2.45, 2.75) is 58.5 Å². The fraction of sp³-hybridized carbons (Fsp3) is 0.650. The van der Waals surface area contributed by atoms with Gasteiger partial charge in [-0.05, 0) is 54.6 Å². The summed E-state index contributed by atoms with van der Waals surface area (Å²) in [7, 11) is 0. The Labute approximate surface area is 144 Å². The first-order valence-corrected chi connectivity index (χ1v) is 9.30. The van der Waals surface area contributed by atoms with Crippen LogP contribution in [0.15, 0.2) is 24.3 Å². The van der Waals surface area contributed by atoms with Crippen LogP contribution >= 0.6 is 11.6 Å². The molecule has 2 nitrogen and oxygen atoms in total. The summed E-state index contributed by atoms with van der Waals surface area (Å²) in [6.07, 6.45) is 4.41. The van der Waals surface area contributed by atoms with E-state index in [2.05, 4.69) is 20.8 Å². The molecule has 2 aliphatic rings. The van der Waals surface area contributed by atoms with Crippen LogP contribution < -0.4 is 0 Å². The van der Waals surface area contributed by atoms with E-state index in [4.69, 9.17) is 16.3 Å². The third kappa shape index (κ3) is 3.74. The highest BCUT2D eigenvalue weighted by Crippen LogP contribution is 2.50. The number of ether oxygens (including phenoxy) is 1. The molecule has 126 valence electrons. The Hall–Kier alpha value is -1.02. The van der Waals surface area contributed by atoms with Gasteiger partial charge in [-0.1, -0.05) is 57.0 Å². The maximum absolute atomic E-state index is 12.6. The molecule has 3 rings (SSSR count). The lowest BCUT2D eigenvalue weighted by Crippen LogP contribution is -2.36. The molecule has 0 spiro atoms. The molecule has 0 heterocycles. The summed E-state index contributed by atoms with van der Waals surface area (Å²) >= 11 is 6.25. The van der Waals surface area contributed by atoms with E-state index in [0.29, 0.717) is 17.8 Å². The second kappa shape index (κ2) is 6.84. The van der Waals surface area contributed by atoms with Crippen molar-refractivity contribution in [2.24, 2.45) is 23.7 Å². The summed E-state index contributed by atoms with van der Waals surface area (Å²) in [5.74, 6) is 1.96. The Morgan fingerprint density at radius 3 is 2.65 bits per heavy atom. The number of hydrogen-bond donors (Lipinski definition) is 0. The molecule has 0 saturated heterocycles. The van der Waals surface area contributed by atoms with E-state index in [1.807, 2.05) is 24.3 Å². The summed E-state index contributed by atoms with van der Waals surface area (Å²) in [6.45, 7) is 6.75. The smallest absolute Gasteiger partial charge is 0.309 e. The molecule has 0 N–H and O–H groups in total. The lowest BCUT2D eigenvalue weighted by Gasteiger charge is -2.36. The fourth-order valence-corrected chi connectivity index (χ4v) is 4.34. The van der Waals surface area contributed by atoms with Crippen LogP contribution in [0.25, 0.3) is 0 Å². The van der Waals surface area contributed by atoms with E-state index in [9.17, 15) is 4.79 Å². The van der Waals surface area contributed by atoms with Gasteiger partial charge in [0, 0.05) is 5.02 Å². The van der Waals surface area contributed by atoms with Gasteiger partial charge in [-0.3, -0.25) is 4.79 Å². The first kappa shape index (κ1) is 16.8. The third-order valence-corrected chi connectivity index (χ3v) is 5.97. The van der Waals surface area contributed by atoms with Gasteiger partial charge < -0.3 is 4.74 Å². The molecular weight excluding hydrogens is 308 g/mol. The molecule has 3 heteroatoms. The molecule has 2 saturated carbocycles. The lowest BCUT2D eigenvalue weighted by molar-refractivity contribution is -0.157. The van der Waals surface area contributed by atoms with Crippen molar-refractivity contribution in [2.75, 3.05) is 0 Å². The van der Waals surface area contributed by atoms with E-state index in [-0.39, 0.29) is 23.9 Å². The Morgan fingerprint density at radius 1 is 1.22 bits per heavy atom. The lowest BCUT2D eigenvalue weighted by atomic mass is 9.75. The zero-order valence-electron chi connectivity index (χ0n) is 14.3. The third-order valence-electron chi connectivity index (χ3n) is 5.63. The number of carbonyl (C=O) groups excluding carboxylic acids is 1. The molecule has 2 aliphatic carbocycles. The summed E-state index contributed by atoms with van der Waals surface area (Å²) in [6, 6.07) is 7.84. The van der Waals surface area contributed by atoms with Crippen LogP contribution in [-0.4, -0.2) is 12.1 Å². The van der Waals surface area contributed by atoms with E-state index < -0.39 is 0 Å². The second-order valence-electron chi connectivity index (χ2n) is 7.77. The molecular formula is C20H27ClO2. The SMILES string of the molecule is CC(C)[C@H]1CC[C@H](C)C[C@@H]1OC(=O)[C@H]1C[C@@H]1c1ccccc1Cl. The highest BCUT2D eigenvalue weighted by molar-refractivity contribution is 6.31. The molecule has 2 fully saturated rings. The van der Waals surface area contributed by atoms with Crippen LogP contribution in [0, 0.1) is 23.7 Å². The van der Waals surface area contributed by atoms with Gasteiger partial charge in [-0.2, -0.15) is 0 Å². The van der Waals surface area contributed by atoms with Gasteiger partial charge in [0.15, 0.2) is 0 Å². The van der Waals surface area contributed by atoms with Gasteiger partial charge in [0.2, 0.25) is 0 Å². The number of halogens is 1. The molecule has 1 aromatic rings. The van der Waals surface area contributed by atoms with Crippen LogP contribution in [0.3, 0.4) is 0 Å². The van der Waals surface area contributed by atoms with Crippen molar-refractivity contribution in [1.82, 2.24) is 0 Å². The molecule has 1 aromatic carbocycles. The molecule has 5 atom stereocenters. The number of rotatable bonds is 4. The Balaban J connectivity index is 1.62. The minimum atomic E-state index is -0.0142. The zero-order valence-corrected chi connectivity index (χ0v) is 15.1. The largest absolute Gasteiger partial charge is 0.462 e. The first-order valence-electron chi connectivity index (χ1n) is 8.92. The predicted octanol–water partition coefficient (Wildman–Crippen LogP) is 5.45. The molecule has 0 aliphatic heterocycles. The van der Waals surface area contributed by atoms with E-state index >= 15 is 0 Å². The highest BCUT2D eigenvalue weighted by Gasteiger charge is 2.47. The minimum absolute atomic E-state index is 0.0000510. The minimum Gasteiger partial charge on any atom is -0.462 e. The van der Waals surface area contributed by atoms with E-state index in [1.54, 1.807) is 0 Å². The van der Waals surface area contributed by atoms with Crippen LogP contribution in [0.1, 0.15) is 57.9 Å². The van der Waals surface area contributed by atoms with Gasteiger partial charge in [0.25, 0.3) is 0 Å². The van der Waals surface area contributed by atoms with Gasteiger partial charge in [0.05, 0.1) is 5.92 Å². The molecule has 0 radical (unpaired) electrons. The van der Waals surface area contributed by atoms with Gasteiger partial charge in [0.1, 0.15) is 6.10 Å². The quantitative estimate of drug-likeness (QED) is 0.684. The monoisotopic (exact) mass is 334 g/mol. The zero-order chi connectivity index (χ0) is 16.6. The molecule has 0 aromatic heterocycles. The van der Waals surface area contributed by atoms with E-state index in [1.165, 1.54) is 12.8 Å². The average molecular weight is 335 g/mol. The summed E-state index contributed by atoms with van der Waals surface area (Å²) in [4.78, 5) is 12.6. The Morgan fingerprint density at radius 2 is 1.96 bits per heavy atom. The highest BCUT2D eigenvalue weighted by atomic mass is 35.5. The van der Waals surface area contributed by atoms with Gasteiger partial charge >= 0.3 is 5.97 Å².